The second-order valence-electron chi connectivity index (χ2n) is 8.56. The van der Waals surface area contributed by atoms with Gasteiger partial charge in [0, 0.05) is 50.0 Å². The Labute approximate surface area is 196 Å². The van der Waals surface area contributed by atoms with Crippen molar-refractivity contribution in [1.82, 2.24) is 24.3 Å². The number of piperazine rings is 1. The number of amides is 1. The maximum atomic E-state index is 14.8. The quantitative estimate of drug-likeness (QED) is 0.460. The summed E-state index contributed by atoms with van der Waals surface area (Å²) < 4.78 is 16.3. The minimum atomic E-state index is -0.605. The standard InChI is InChI=1S/C25H26FN7O/c1-31-9-11-32(12-10-31)15-17-5-4-6-18(13-17)29-25-28-14-21(26)24(30-25)33-16-20(23(27)34)19-7-2-3-8-22(19)33/h2-8,13-14,16H,9-12,15H2,1H3,(H2,27,34)(H,28,29,30). The first-order valence-electron chi connectivity index (χ1n) is 11.2. The summed E-state index contributed by atoms with van der Waals surface area (Å²) in [5, 5.41) is 3.82. The van der Waals surface area contributed by atoms with Crippen LogP contribution in [0.2, 0.25) is 0 Å². The summed E-state index contributed by atoms with van der Waals surface area (Å²) in [6.45, 7) is 5.07. The maximum absolute atomic E-state index is 14.8. The van der Waals surface area contributed by atoms with Crippen LogP contribution in [0.5, 0.6) is 0 Å². The number of para-hydroxylation sites is 1. The molecule has 1 aliphatic heterocycles. The first-order chi connectivity index (χ1) is 16.5. The number of carbonyl (C=O) groups excluding carboxylic acids is 1. The van der Waals surface area contributed by atoms with Gasteiger partial charge in [0.05, 0.1) is 17.3 Å². The smallest absolute Gasteiger partial charge is 0.250 e. The molecule has 0 bridgehead atoms. The van der Waals surface area contributed by atoms with Crippen LogP contribution >= 0.6 is 0 Å². The molecule has 3 heterocycles. The molecule has 0 aliphatic carbocycles. The van der Waals surface area contributed by atoms with E-state index in [-0.39, 0.29) is 11.8 Å². The van der Waals surface area contributed by atoms with Gasteiger partial charge in [0.2, 0.25) is 5.95 Å². The van der Waals surface area contributed by atoms with E-state index in [1.807, 2.05) is 18.2 Å². The zero-order valence-electron chi connectivity index (χ0n) is 18.9. The fourth-order valence-electron chi connectivity index (χ4n) is 4.28. The van der Waals surface area contributed by atoms with Crippen molar-refractivity contribution in [2.75, 3.05) is 38.5 Å². The lowest BCUT2D eigenvalue weighted by molar-refractivity contribution is 0.100. The summed E-state index contributed by atoms with van der Waals surface area (Å²) >= 11 is 0. The van der Waals surface area contributed by atoms with Crippen LogP contribution < -0.4 is 11.1 Å². The fraction of sp³-hybridized carbons (Fsp3) is 0.240. The highest BCUT2D eigenvalue weighted by Crippen LogP contribution is 2.26. The third-order valence-electron chi connectivity index (χ3n) is 6.12. The van der Waals surface area contributed by atoms with Crippen LogP contribution in [0.3, 0.4) is 0 Å². The predicted octanol–water partition coefficient (Wildman–Crippen LogP) is 3.15. The molecule has 8 nitrogen and oxygen atoms in total. The molecule has 5 rings (SSSR count). The third-order valence-corrected chi connectivity index (χ3v) is 6.12. The lowest BCUT2D eigenvalue weighted by Crippen LogP contribution is -2.43. The number of likely N-dealkylation sites (N-methyl/N-ethyl adjacent to an activating group) is 1. The van der Waals surface area contributed by atoms with Gasteiger partial charge < -0.3 is 16.0 Å². The van der Waals surface area contributed by atoms with Crippen LogP contribution in [0.25, 0.3) is 16.7 Å². The van der Waals surface area contributed by atoms with E-state index >= 15 is 0 Å². The molecule has 0 saturated carbocycles. The van der Waals surface area contributed by atoms with Crippen LogP contribution in [-0.2, 0) is 6.54 Å². The number of hydrogen-bond donors (Lipinski definition) is 2. The highest BCUT2D eigenvalue weighted by molar-refractivity contribution is 6.06. The first kappa shape index (κ1) is 22.0. The van der Waals surface area contributed by atoms with Gasteiger partial charge in [-0.15, -0.1) is 0 Å². The lowest BCUT2D eigenvalue weighted by Gasteiger charge is -2.32. The van der Waals surface area contributed by atoms with E-state index in [0.717, 1.165) is 44.6 Å². The van der Waals surface area contributed by atoms with Crippen LogP contribution in [0.15, 0.2) is 60.9 Å². The average molecular weight is 460 g/mol. The first-order valence-corrected chi connectivity index (χ1v) is 11.2. The van der Waals surface area contributed by atoms with Gasteiger partial charge in [0.1, 0.15) is 0 Å². The molecule has 4 aromatic rings. The number of aromatic nitrogens is 3. The SMILES string of the molecule is CN1CCN(Cc2cccc(Nc3ncc(F)c(-n4cc(C(N)=O)c5ccccc54)n3)c2)CC1. The molecule has 2 aromatic carbocycles. The van der Waals surface area contributed by atoms with E-state index in [1.54, 1.807) is 18.2 Å². The summed E-state index contributed by atoms with van der Waals surface area (Å²) in [6, 6.07) is 15.2. The number of halogens is 1. The van der Waals surface area contributed by atoms with Gasteiger partial charge in [0.15, 0.2) is 11.6 Å². The van der Waals surface area contributed by atoms with Gasteiger partial charge in [-0.3, -0.25) is 14.3 Å². The van der Waals surface area contributed by atoms with Gasteiger partial charge in [-0.2, -0.15) is 4.98 Å². The third kappa shape index (κ3) is 4.48. The number of nitrogens with one attached hydrogen (secondary N) is 1. The van der Waals surface area contributed by atoms with E-state index in [9.17, 15) is 9.18 Å². The minimum Gasteiger partial charge on any atom is -0.366 e. The molecule has 1 aliphatic rings. The Balaban J connectivity index is 1.41. The number of nitrogens with two attached hydrogens (primary N) is 1. The normalized spacial score (nSPS) is 15.0. The number of rotatable bonds is 6. The van der Waals surface area contributed by atoms with Gasteiger partial charge in [-0.25, -0.2) is 9.37 Å². The fourth-order valence-corrected chi connectivity index (χ4v) is 4.28. The second-order valence-corrected chi connectivity index (χ2v) is 8.56. The summed E-state index contributed by atoms with van der Waals surface area (Å²) in [6.07, 6.45) is 2.64. The van der Waals surface area contributed by atoms with Crippen molar-refractivity contribution in [1.29, 1.82) is 0 Å². The average Bonchev–Trinajstić information content (AvgIpc) is 3.22. The topological polar surface area (TPSA) is 92.3 Å². The Hall–Kier alpha value is -3.82. The van der Waals surface area contributed by atoms with Crippen LogP contribution in [0.1, 0.15) is 15.9 Å². The number of carbonyl (C=O) groups is 1. The summed E-state index contributed by atoms with van der Waals surface area (Å²) in [5.74, 6) is -0.896. The lowest BCUT2D eigenvalue weighted by atomic mass is 10.1. The molecule has 34 heavy (non-hydrogen) atoms. The maximum Gasteiger partial charge on any atom is 0.250 e. The molecule has 2 aromatic heterocycles. The number of fused-ring (bicyclic) bond motifs is 1. The molecule has 0 radical (unpaired) electrons. The number of anilines is 2. The molecule has 174 valence electrons. The highest BCUT2D eigenvalue weighted by atomic mass is 19.1. The minimum absolute atomic E-state index is 0.0368. The summed E-state index contributed by atoms with van der Waals surface area (Å²) in [4.78, 5) is 25.2. The number of nitrogens with zero attached hydrogens (tertiary/aromatic N) is 5. The molecular weight excluding hydrogens is 433 g/mol. The van der Waals surface area contributed by atoms with Crippen molar-refractivity contribution in [3.63, 3.8) is 0 Å². The largest absolute Gasteiger partial charge is 0.366 e. The Morgan fingerprint density at radius 3 is 2.71 bits per heavy atom. The Morgan fingerprint density at radius 1 is 1.12 bits per heavy atom. The second kappa shape index (κ2) is 9.20. The number of primary amides is 1. The van der Waals surface area contributed by atoms with Gasteiger partial charge in [0.25, 0.3) is 5.91 Å². The molecule has 9 heteroatoms. The molecule has 0 atom stereocenters. The van der Waals surface area contributed by atoms with Crippen LogP contribution in [0, 0.1) is 5.82 Å². The number of benzene rings is 2. The van der Waals surface area contributed by atoms with E-state index < -0.39 is 11.7 Å². The monoisotopic (exact) mass is 459 g/mol. The molecule has 1 saturated heterocycles. The molecule has 0 unspecified atom stereocenters. The van der Waals surface area contributed by atoms with Crippen LogP contribution in [0.4, 0.5) is 16.0 Å². The van der Waals surface area contributed by atoms with E-state index in [2.05, 4.69) is 44.3 Å². The Morgan fingerprint density at radius 2 is 1.91 bits per heavy atom. The zero-order valence-corrected chi connectivity index (χ0v) is 18.9. The van der Waals surface area contributed by atoms with Crippen molar-refractivity contribution < 1.29 is 9.18 Å². The summed E-state index contributed by atoms with van der Waals surface area (Å²) in [7, 11) is 2.14. The van der Waals surface area contributed by atoms with Gasteiger partial charge >= 0.3 is 0 Å². The van der Waals surface area contributed by atoms with E-state index in [0.29, 0.717) is 16.5 Å². The zero-order chi connectivity index (χ0) is 23.7. The molecule has 1 fully saturated rings. The van der Waals surface area contributed by atoms with Crippen molar-refractivity contribution in [2.24, 2.45) is 5.73 Å². The van der Waals surface area contributed by atoms with Gasteiger partial charge in [-0.05, 0) is 30.8 Å². The van der Waals surface area contributed by atoms with Crippen molar-refractivity contribution in [2.45, 2.75) is 6.54 Å². The Bertz CT molecular complexity index is 1340. The molecule has 3 N–H and O–H groups in total. The molecule has 1 amide bonds. The Kier molecular flexibility index (Phi) is 5.95. The van der Waals surface area contributed by atoms with Gasteiger partial charge in [-0.1, -0.05) is 30.3 Å². The van der Waals surface area contributed by atoms with Crippen molar-refractivity contribution in [3.05, 3.63) is 77.9 Å². The molecular formula is C25H26FN7O. The summed E-state index contributed by atoms with van der Waals surface area (Å²) in [5.41, 5.74) is 8.47. The van der Waals surface area contributed by atoms with E-state index in [4.69, 9.17) is 5.73 Å². The number of hydrogen-bond acceptors (Lipinski definition) is 6. The molecule has 0 spiro atoms. The van der Waals surface area contributed by atoms with Crippen molar-refractivity contribution in [3.8, 4) is 5.82 Å². The highest BCUT2D eigenvalue weighted by Gasteiger charge is 2.18. The van der Waals surface area contributed by atoms with Crippen LogP contribution in [-0.4, -0.2) is 63.5 Å². The van der Waals surface area contributed by atoms with E-state index in [1.165, 1.54) is 16.3 Å². The predicted molar refractivity (Wildman–Crippen MR) is 130 cm³/mol. The van der Waals surface area contributed by atoms with Crippen molar-refractivity contribution >= 4 is 28.4 Å².